The van der Waals surface area contributed by atoms with Gasteiger partial charge in [0.25, 0.3) is 0 Å². The van der Waals surface area contributed by atoms with Crippen molar-refractivity contribution in [2.75, 3.05) is 13.1 Å². The molecule has 0 radical (unpaired) electrons. The van der Waals surface area contributed by atoms with Crippen LogP contribution in [0.5, 0.6) is 5.75 Å². The summed E-state index contributed by atoms with van der Waals surface area (Å²) in [5.74, 6) is 1.05. The maximum Gasteiger partial charge on any atom is 0.191 e. The van der Waals surface area contributed by atoms with Crippen molar-refractivity contribution in [3.05, 3.63) is 65.4 Å². The van der Waals surface area contributed by atoms with E-state index in [4.69, 9.17) is 0 Å². The molecule has 26 heavy (non-hydrogen) atoms. The highest BCUT2D eigenvalue weighted by Crippen LogP contribution is 2.21. The molecule has 0 fully saturated rings. The molecule has 0 bridgehead atoms. The maximum atomic E-state index is 9.56. The minimum atomic E-state index is 0.269. The number of phenolic OH excluding ortho intramolecular Hbond substituents is 1. The first-order chi connectivity index (χ1) is 12.7. The fourth-order valence-electron chi connectivity index (χ4n) is 3.13. The van der Waals surface area contributed by atoms with E-state index in [0.717, 1.165) is 31.0 Å². The van der Waals surface area contributed by atoms with Crippen molar-refractivity contribution in [1.29, 1.82) is 0 Å². The largest absolute Gasteiger partial charge is 0.508 e. The number of benzene rings is 2. The van der Waals surface area contributed by atoms with Crippen LogP contribution in [0.15, 0.2) is 53.5 Å². The Hall–Kier alpha value is -2.95. The second-order valence-electron chi connectivity index (χ2n) is 6.32. The van der Waals surface area contributed by atoms with Crippen LogP contribution in [0.2, 0.25) is 0 Å². The first kappa shape index (κ1) is 17.9. The van der Waals surface area contributed by atoms with Crippen LogP contribution in [0.3, 0.4) is 0 Å². The first-order valence-corrected chi connectivity index (χ1v) is 9.03. The number of aliphatic imine (C=N–C) groups is 1. The second kappa shape index (κ2) is 8.43. The number of guanidine groups is 1. The third-order valence-electron chi connectivity index (χ3n) is 4.37. The van der Waals surface area contributed by atoms with Crippen molar-refractivity contribution in [2.24, 2.45) is 4.99 Å². The SMILES string of the molecule is CCNC(=NCc1cccc(O)c1)NCCc1c(C)[nH]c2ccccc12. The van der Waals surface area contributed by atoms with Gasteiger partial charge in [-0.1, -0.05) is 30.3 Å². The lowest BCUT2D eigenvalue weighted by atomic mass is 10.1. The summed E-state index contributed by atoms with van der Waals surface area (Å²) in [6, 6.07) is 15.6. The van der Waals surface area contributed by atoms with Crippen LogP contribution >= 0.6 is 0 Å². The van der Waals surface area contributed by atoms with E-state index in [0.29, 0.717) is 6.54 Å². The van der Waals surface area contributed by atoms with Crippen LogP contribution in [0.25, 0.3) is 10.9 Å². The number of aromatic amines is 1. The summed E-state index contributed by atoms with van der Waals surface area (Å²) in [5, 5.41) is 17.5. The number of aryl methyl sites for hydroxylation is 1. The fraction of sp³-hybridized carbons (Fsp3) is 0.286. The lowest BCUT2D eigenvalue weighted by Crippen LogP contribution is -2.38. The number of fused-ring (bicyclic) bond motifs is 1. The van der Waals surface area contributed by atoms with Crippen molar-refractivity contribution in [3.8, 4) is 5.75 Å². The van der Waals surface area contributed by atoms with Crippen LogP contribution < -0.4 is 10.6 Å². The molecule has 0 unspecified atom stereocenters. The summed E-state index contributed by atoms with van der Waals surface area (Å²) >= 11 is 0. The Bertz CT molecular complexity index is 898. The number of hydrogen-bond acceptors (Lipinski definition) is 2. The van der Waals surface area contributed by atoms with Crippen LogP contribution in [-0.4, -0.2) is 29.1 Å². The molecule has 0 atom stereocenters. The molecule has 5 nitrogen and oxygen atoms in total. The van der Waals surface area contributed by atoms with E-state index in [1.54, 1.807) is 12.1 Å². The van der Waals surface area contributed by atoms with Gasteiger partial charge in [-0.2, -0.15) is 0 Å². The Morgan fingerprint density at radius 1 is 1.12 bits per heavy atom. The number of rotatable bonds is 6. The van der Waals surface area contributed by atoms with Crippen molar-refractivity contribution in [1.82, 2.24) is 15.6 Å². The zero-order valence-corrected chi connectivity index (χ0v) is 15.3. The molecule has 136 valence electrons. The Morgan fingerprint density at radius 3 is 2.77 bits per heavy atom. The Balaban J connectivity index is 1.63. The highest BCUT2D eigenvalue weighted by atomic mass is 16.3. The summed E-state index contributed by atoms with van der Waals surface area (Å²) in [6.07, 6.45) is 0.923. The third-order valence-corrected chi connectivity index (χ3v) is 4.37. The van der Waals surface area contributed by atoms with Crippen LogP contribution in [0, 0.1) is 6.92 Å². The molecule has 3 aromatic rings. The van der Waals surface area contributed by atoms with Gasteiger partial charge in [-0.3, -0.25) is 0 Å². The topological polar surface area (TPSA) is 72.4 Å². The van der Waals surface area contributed by atoms with Crippen LogP contribution in [-0.2, 0) is 13.0 Å². The van der Waals surface area contributed by atoms with E-state index in [9.17, 15) is 5.11 Å². The van der Waals surface area contributed by atoms with E-state index < -0.39 is 0 Å². The molecule has 5 heteroatoms. The average molecular weight is 350 g/mol. The molecule has 0 amide bonds. The Morgan fingerprint density at radius 2 is 1.96 bits per heavy atom. The lowest BCUT2D eigenvalue weighted by Gasteiger charge is -2.11. The fourth-order valence-corrected chi connectivity index (χ4v) is 3.13. The van der Waals surface area contributed by atoms with Gasteiger partial charge >= 0.3 is 0 Å². The van der Waals surface area contributed by atoms with Gasteiger partial charge in [0.2, 0.25) is 0 Å². The zero-order valence-electron chi connectivity index (χ0n) is 15.3. The lowest BCUT2D eigenvalue weighted by molar-refractivity contribution is 0.474. The number of H-pyrrole nitrogens is 1. The molecular formula is C21H26N4O. The molecule has 1 heterocycles. The van der Waals surface area contributed by atoms with Gasteiger partial charge in [-0.15, -0.1) is 0 Å². The molecule has 0 saturated carbocycles. The monoisotopic (exact) mass is 350 g/mol. The number of phenols is 1. The molecule has 3 rings (SSSR count). The van der Waals surface area contributed by atoms with E-state index in [2.05, 4.69) is 58.7 Å². The summed E-state index contributed by atoms with van der Waals surface area (Å²) < 4.78 is 0. The molecule has 0 spiro atoms. The van der Waals surface area contributed by atoms with Crippen molar-refractivity contribution < 1.29 is 5.11 Å². The van der Waals surface area contributed by atoms with E-state index >= 15 is 0 Å². The molecule has 0 aliphatic rings. The van der Waals surface area contributed by atoms with Crippen molar-refractivity contribution in [2.45, 2.75) is 26.8 Å². The van der Waals surface area contributed by atoms with Gasteiger partial charge < -0.3 is 20.7 Å². The normalized spacial score (nSPS) is 11.7. The first-order valence-electron chi connectivity index (χ1n) is 9.03. The van der Waals surface area contributed by atoms with Crippen LogP contribution in [0.4, 0.5) is 0 Å². The molecule has 4 N–H and O–H groups in total. The Labute approximate surface area is 154 Å². The molecule has 0 saturated heterocycles. The summed E-state index contributed by atoms with van der Waals surface area (Å²) in [6.45, 7) is 6.30. The Kier molecular flexibility index (Phi) is 5.79. The van der Waals surface area contributed by atoms with Crippen molar-refractivity contribution in [3.63, 3.8) is 0 Å². The molecule has 0 aliphatic heterocycles. The predicted octanol–water partition coefficient (Wildman–Crippen LogP) is 3.48. The van der Waals surface area contributed by atoms with Gasteiger partial charge in [0, 0.05) is 29.7 Å². The van der Waals surface area contributed by atoms with E-state index in [1.165, 1.54) is 22.2 Å². The predicted molar refractivity (Wildman–Crippen MR) is 108 cm³/mol. The molecule has 0 aliphatic carbocycles. The highest BCUT2D eigenvalue weighted by molar-refractivity contribution is 5.84. The zero-order chi connectivity index (χ0) is 18.4. The van der Waals surface area contributed by atoms with Gasteiger partial charge in [0.1, 0.15) is 5.75 Å². The van der Waals surface area contributed by atoms with E-state index in [-0.39, 0.29) is 5.75 Å². The summed E-state index contributed by atoms with van der Waals surface area (Å²) in [7, 11) is 0. The summed E-state index contributed by atoms with van der Waals surface area (Å²) in [4.78, 5) is 8.05. The van der Waals surface area contributed by atoms with Gasteiger partial charge in [-0.05, 0) is 49.6 Å². The molecule has 1 aromatic heterocycles. The number of nitrogens with one attached hydrogen (secondary N) is 3. The minimum absolute atomic E-state index is 0.269. The van der Waals surface area contributed by atoms with Crippen LogP contribution in [0.1, 0.15) is 23.7 Å². The number of aromatic nitrogens is 1. The quantitative estimate of drug-likeness (QED) is 0.406. The summed E-state index contributed by atoms with van der Waals surface area (Å²) in [5.41, 5.74) is 4.73. The molecular weight excluding hydrogens is 324 g/mol. The third kappa shape index (κ3) is 4.36. The van der Waals surface area contributed by atoms with Crippen molar-refractivity contribution >= 4 is 16.9 Å². The second-order valence-corrected chi connectivity index (χ2v) is 6.32. The van der Waals surface area contributed by atoms with Gasteiger partial charge in [0.15, 0.2) is 5.96 Å². The number of nitrogens with zero attached hydrogens (tertiary/aromatic N) is 1. The van der Waals surface area contributed by atoms with E-state index in [1.807, 2.05) is 12.1 Å². The maximum absolute atomic E-state index is 9.56. The number of para-hydroxylation sites is 1. The van der Waals surface area contributed by atoms with Gasteiger partial charge in [-0.25, -0.2) is 4.99 Å². The van der Waals surface area contributed by atoms with Gasteiger partial charge in [0.05, 0.1) is 6.54 Å². The number of aromatic hydroxyl groups is 1. The minimum Gasteiger partial charge on any atom is -0.508 e. The smallest absolute Gasteiger partial charge is 0.191 e. The molecule has 2 aromatic carbocycles. The highest BCUT2D eigenvalue weighted by Gasteiger charge is 2.07. The average Bonchev–Trinajstić information content (AvgIpc) is 2.95. The standard InChI is InChI=1S/C21H26N4O/c1-3-22-21(24-14-16-7-6-8-17(26)13-16)23-12-11-18-15(2)25-20-10-5-4-9-19(18)20/h4-10,13,25-26H,3,11-12,14H2,1-2H3,(H2,22,23,24). The number of hydrogen-bond donors (Lipinski definition) is 4.